The standard InChI is InChI=1S/C17H10Cl4N2OS/c18-12-3-1-9(6-14(12)20)5-11-8-22-17(25-11)23-16(24)10-2-4-13(19)15(21)7-10/h1-4,6-8H,5H2,(H,22,23,24). The van der Waals surface area contributed by atoms with E-state index >= 15 is 0 Å². The van der Waals surface area contributed by atoms with Crippen LogP contribution in [0.5, 0.6) is 0 Å². The summed E-state index contributed by atoms with van der Waals surface area (Å²) < 4.78 is 0. The van der Waals surface area contributed by atoms with Crippen molar-refractivity contribution in [1.29, 1.82) is 0 Å². The number of carbonyl (C=O) groups is 1. The highest BCUT2D eigenvalue weighted by molar-refractivity contribution is 7.15. The van der Waals surface area contributed by atoms with E-state index in [0.717, 1.165) is 10.4 Å². The van der Waals surface area contributed by atoms with E-state index in [1.54, 1.807) is 24.4 Å². The third kappa shape index (κ3) is 4.66. The average Bonchev–Trinajstić information content (AvgIpc) is 3.00. The molecule has 0 fully saturated rings. The summed E-state index contributed by atoms with van der Waals surface area (Å²) in [5, 5.41) is 5.01. The van der Waals surface area contributed by atoms with E-state index in [4.69, 9.17) is 46.4 Å². The van der Waals surface area contributed by atoms with Gasteiger partial charge in [0.1, 0.15) is 0 Å². The maximum Gasteiger partial charge on any atom is 0.257 e. The highest BCUT2D eigenvalue weighted by Gasteiger charge is 2.11. The van der Waals surface area contributed by atoms with Gasteiger partial charge in [0.2, 0.25) is 0 Å². The minimum atomic E-state index is -0.297. The Morgan fingerprint density at radius 1 is 0.960 bits per heavy atom. The summed E-state index contributed by atoms with van der Waals surface area (Å²) in [6, 6.07) is 10.2. The Morgan fingerprint density at radius 2 is 1.64 bits per heavy atom. The molecular formula is C17H10Cl4N2OS. The van der Waals surface area contributed by atoms with Crippen molar-refractivity contribution in [3.63, 3.8) is 0 Å². The Labute approximate surface area is 168 Å². The predicted molar refractivity (Wildman–Crippen MR) is 106 cm³/mol. The number of anilines is 1. The number of aromatic nitrogens is 1. The Hall–Kier alpha value is -1.30. The van der Waals surface area contributed by atoms with Crippen LogP contribution in [-0.2, 0) is 6.42 Å². The van der Waals surface area contributed by atoms with Crippen LogP contribution in [0.3, 0.4) is 0 Å². The summed E-state index contributed by atoms with van der Waals surface area (Å²) in [5.41, 5.74) is 1.43. The molecule has 8 heteroatoms. The van der Waals surface area contributed by atoms with Crippen molar-refractivity contribution >= 4 is 68.8 Å². The van der Waals surface area contributed by atoms with Crippen molar-refractivity contribution in [2.24, 2.45) is 0 Å². The number of benzene rings is 2. The molecule has 0 aliphatic carbocycles. The fourth-order valence-electron chi connectivity index (χ4n) is 2.10. The summed E-state index contributed by atoms with van der Waals surface area (Å²) in [4.78, 5) is 17.5. The van der Waals surface area contributed by atoms with Gasteiger partial charge in [-0.3, -0.25) is 10.1 Å². The van der Waals surface area contributed by atoms with Gasteiger partial charge in [-0.05, 0) is 35.9 Å². The largest absolute Gasteiger partial charge is 0.298 e. The molecule has 3 aromatic rings. The van der Waals surface area contributed by atoms with Crippen molar-refractivity contribution < 1.29 is 4.79 Å². The fraction of sp³-hybridized carbons (Fsp3) is 0.0588. The lowest BCUT2D eigenvalue weighted by Gasteiger charge is -2.03. The first-order valence-electron chi connectivity index (χ1n) is 7.07. The Morgan fingerprint density at radius 3 is 2.32 bits per heavy atom. The number of halogens is 4. The Bertz CT molecular complexity index is 942. The van der Waals surface area contributed by atoms with E-state index in [9.17, 15) is 4.79 Å². The van der Waals surface area contributed by atoms with Crippen LogP contribution < -0.4 is 5.32 Å². The van der Waals surface area contributed by atoms with E-state index in [2.05, 4.69) is 10.3 Å². The van der Waals surface area contributed by atoms with Crippen LogP contribution in [0, 0.1) is 0 Å². The van der Waals surface area contributed by atoms with Crippen molar-refractivity contribution in [2.75, 3.05) is 5.32 Å². The van der Waals surface area contributed by atoms with Gasteiger partial charge >= 0.3 is 0 Å². The molecule has 3 rings (SSSR count). The lowest BCUT2D eigenvalue weighted by atomic mass is 10.1. The normalized spacial score (nSPS) is 10.7. The van der Waals surface area contributed by atoms with E-state index in [1.165, 1.54) is 17.4 Å². The van der Waals surface area contributed by atoms with Crippen LogP contribution >= 0.6 is 57.7 Å². The summed E-state index contributed by atoms with van der Waals surface area (Å²) in [5.74, 6) is -0.297. The number of carbonyl (C=O) groups excluding carboxylic acids is 1. The second-order valence-corrected chi connectivity index (χ2v) is 7.88. The molecule has 1 aromatic heterocycles. The summed E-state index contributed by atoms with van der Waals surface area (Å²) in [7, 11) is 0. The van der Waals surface area contributed by atoms with E-state index in [0.29, 0.717) is 37.2 Å². The molecule has 0 unspecified atom stereocenters. The van der Waals surface area contributed by atoms with E-state index < -0.39 is 0 Å². The topological polar surface area (TPSA) is 42.0 Å². The summed E-state index contributed by atoms with van der Waals surface area (Å²) >= 11 is 25.1. The second-order valence-electron chi connectivity index (χ2n) is 5.14. The highest BCUT2D eigenvalue weighted by Crippen LogP contribution is 2.27. The summed E-state index contributed by atoms with van der Waals surface area (Å²) in [6.07, 6.45) is 2.37. The molecule has 0 saturated carbocycles. The number of nitrogens with one attached hydrogen (secondary N) is 1. The number of hydrogen-bond acceptors (Lipinski definition) is 3. The molecule has 0 bridgehead atoms. The van der Waals surface area contributed by atoms with E-state index in [1.807, 2.05) is 12.1 Å². The summed E-state index contributed by atoms with van der Waals surface area (Å²) in [6.45, 7) is 0. The minimum absolute atomic E-state index is 0.297. The van der Waals surface area contributed by atoms with Crippen molar-refractivity contribution in [3.8, 4) is 0 Å². The number of nitrogens with zero attached hydrogens (tertiary/aromatic N) is 1. The van der Waals surface area contributed by atoms with Crippen LogP contribution in [0.15, 0.2) is 42.6 Å². The van der Waals surface area contributed by atoms with Gasteiger partial charge in [-0.1, -0.05) is 52.5 Å². The number of amides is 1. The molecule has 2 aromatic carbocycles. The molecule has 0 saturated heterocycles. The van der Waals surface area contributed by atoms with Gasteiger partial charge in [0.05, 0.1) is 20.1 Å². The molecule has 25 heavy (non-hydrogen) atoms. The lowest BCUT2D eigenvalue weighted by molar-refractivity contribution is 0.102. The number of hydrogen-bond donors (Lipinski definition) is 1. The molecule has 1 heterocycles. The van der Waals surface area contributed by atoms with Crippen molar-refractivity contribution in [3.05, 3.63) is 78.7 Å². The molecule has 0 atom stereocenters. The second kappa shape index (κ2) is 7.94. The average molecular weight is 432 g/mol. The lowest BCUT2D eigenvalue weighted by Crippen LogP contribution is -2.11. The predicted octanol–water partition coefficient (Wildman–Crippen LogP) is 6.60. The van der Waals surface area contributed by atoms with Gasteiger partial charge in [-0.15, -0.1) is 11.3 Å². The zero-order valence-electron chi connectivity index (χ0n) is 12.5. The van der Waals surface area contributed by atoms with Gasteiger partial charge in [-0.25, -0.2) is 4.98 Å². The van der Waals surface area contributed by atoms with Crippen molar-refractivity contribution in [1.82, 2.24) is 4.98 Å². The number of thiazole rings is 1. The van der Waals surface area contributed by atoms with Crippen LogP contribution in [0.1, 0.15) is 20.8 Å². The highest BCUT2D eigenvalue weighted by atomic mass is 35.5. The molecule has 0 spiro atoms. The van der Waals surface area contributed by atoms with Crippen molar-refractivity contribution in [2.45, 2.75) is 6.42 Å². The smallest absolute Gasteiger partial charge is 0.257 e. The number of rotatable bonds is 4. The van der Waals surface area contributed by atoms with Gasteiger partial charge in [0, 0.05) is 23.1 Å². The first kappa shape index (κ1) is 18.5. The first-order valence-corrected chi connectivity index (χ1v) is 9.40. The van der Waals surface area contributed by atoms with Crippen LogP contribution in [0.25, 0.3) is 0 Å². The zero-order valence-corrected chi connectivity index (χ0v) is 16.4. The van der Waals surface area contributed by atoms with Crippen LogP contribution in [-0.4, -0.2) is 10.9 Å². The third-order valence-corrected chi connectivity index (χ3v) is 5.71. The molecule has 1 N–H and O–H groups in total. The first-order chi connectivity index (χ1) is 11.9. The molecule has 0 radical (unpaired) electrons. The third-order valence-electron chi connectivity index (χ3n) is 3.32. The fourth-order valence-corrected chi connectivity index (χ4v) is 3.56. The molecule has 0 aliphatic heterocycles. The molecule has 128 valence electrons. The van der Waals surface area contributed by atoms with Gasteiger partial charge in [0.15, 0.2) is 5.13 Å². The Kier molecular flexibility index (Phi) is 5.87. The Balaban J connectivity index is 1.69. The van der Waals surface area contributed by atoms with Crippen LogP contribution in [0.2, 0.25) is 20.1 Å². The SMILES string of the molecule is O=C(Nc1ncc(Cc2ccc(Cl)c(Cl)c2)s1)c1ccc(Cl)c(Cl)c1. The minimum Gasteiger partial charge on any atom is -0.298 e. The zero-order chi connectivity index (χ0) is 18.0. The maximum absolute atomic E-state index is 12.2. The molecular weight excluding hydrogens is 422 g/mol. The van der Waals surface area contributed by atoms with Gasteiger partial charge < -0.3 is 0 Å². The van der Waals surface area contributed by atoms with Gasteiger partial charge in [-0.2, -0.15) is 0 Å². The quantitative estimate of drug-likeness (QED) is 0.505. The van der Waals surface area contributed by atoms with Gasteiger partial charge in [0.25, 0.3) is 5.91 Å². The molecule has 0 aliphatic rings. The molecule has 3 nitrogen and oxygen atoms in total. The maximum atomic E-state index is 12.2. The molecule has 1 amide bonds. The monoisotopic (exact) mass is 430 g/mol. The van der Waals surface area contributed by atoms with E-state index in [-0.39, 0.29) is 5.91 Å². The van der Waals surface area contributed by atoms with Crippen LogP contribution in [0.4, 0.5) is 5.13 Å².